The molecule has 0 aliphatic carbocycles. The molecule has 1 saturated heterocycles. The molecule has 0 atom stereocenters. The highest BCUT2D eigenvalue weighted by atomic mass is 16.5. The van der Waals surface area contributed by atoms with Gasteiger partial charge in [0.1, 0.15) is 0 Å². The zero-order chi connectivity index (χ0) is 19.8. The predicted octanol–water partition coefficient (Wildman–Crippen LogP) is 3.62. The second-order valence-corrected chi connectivity index (χ2v) is 7.00. The summed E-state index contributed by atoms with van der Waals surface area (Å²) < 4.78 is 10.6. The molecule has 1 aliphatic heterocycles. The first-order valence-electron chi connectivity index (χ1n) is 9.77. The average Bonchev–Trinajstić information content (AvgIpc) is 2.73. The number of hydrogen-bond donors (Lipinski definition) is 2. The molecule has 150 valence electrons. The van der Waals surface area contributed by atoms with E-state index in [1.807, 2.05) is 18.2 Å². The molecule has 0 amide bonds. The van der Waals surface area contributed by atoms with Gasteiger partial charge in [-0.25, -0.2) is 4.99 Å². The normalized spacial score (nSPS) is 15.3. The fourth-order valence-electron chi connectivity index (χ4n) is 3.50. The summed E-state index contributed by atoms with van der Waals surface area (Å²) in [6.07, 6.45) is 3.94. The number of guanidine groups is 1. The van der Waals surface area contributed by atoms with Gasteiger partial charge in [0.15, 0.2) is 17.5 Å². The van der Waals surface area contributed by atoms with Gasteiger partial charge in [0.2, 0.25) is 0 Å². The summed E-state index contributed by atoms with van der Waals surface area (Å²) in [4.78, 5) is 7.06. The number of anilines is 1. The lowest BCUT2D eigenvalue weighted by Gasteiger charge is -2.27. The Morgan fingerprint density at radius 1 is 1.00 bits per heavy atom. The third-order valence-corrected chi connectivity index (χ3v) is 5.04. The number of nitrogens with one attached hydrogen (secondary N) is 1. The van der Waals surface area contributed by atoms with Gasteiger partial charge >= 0.3 is 0 Å². The summed E-state index contributed by atoms with van der Waals surface area (Å²) >= 11 is 0. The molecule has 1 heterocycles. The molecule has 2 aromatic carbocycles. The number of methoxy groups -OCH3 is 2. The Morgan fingerprint density at radius 3 is 2.43 bits per heavy atom. The van der Waals surface area contributed by atoms with Crippen LogP contribution in [0.25, 0.3) is 0 Å². The van der Waals surface area contributed by atoms with Crippen molar-refractivity contribution in [1.82, 2.24) is 4.90 Å². The Bertz CT molecular complexity index is 801. The first-order chi connectivity index (χ1) is 13.7. The maximum Gasteiger partial charge on any atom is 0.193 e. The molecule has 0 radical (unpaired) electrons. The second kappa shape index (κ2) is 9.99. The van der Waals surface area contributed by atoms with Gasteiger partial charge in [0, 0.05) is 18.3 Å². The minimum atomic E-state index is 0.375. The molecule has 0 bridgehead atoms. The van der Waals surface area contributed by atoms with Gasteiger partial charge in [-0.15, -0.1) is 0 Å². The highest BCUT2D eigenvalue weighted by Gasteiger charge is 2.12. The Morgan fingerprint density at radius 2 is 1.71 bits per heavy atom. The zero-order valence-electron chi connectivity index (χ0n) is 16.8. The fourth-order valence-corrected chi connectivity index (χ4v) is 3.50. The number of ether oxygens (including phenoxy) is 2. The second-order valence-electron chi connectivity index (χ2n) is 7.00. The van der Waals surface area contributed by atoms with Crippen LogP contribution in [0.4, 0.5) is 5.69 Å². The fraction of sp³-hybridized carbons (Fsp3) is 0.409. The van der Waals surface area contributed by atoms with Crippen LogP contribution >= 0.6 is 0 Å². The third kappa shape index (κ3) is 5.39. The quantitative estimate of drug-likeness (QED) is 0.565. The van der Waals surface area contributed by atoms with E-state index in [1.165, 1.54) is 43.5 Å². The van der Waals surface area contributed by atoms with Crippen LogP contribution in [0.15, 0.2) is 47.5 Å². The van der Waals surface area contributed by atoms with Crippen molar-refractivity contribution in [3.63, 3.8) is 0 Å². The van der Waals surface area contributed by atoms with Gasteiger partial charge in [-0.2, -0.15) is 0 Å². The first-order valence-corrected chi connectivity index (χ1v) is 9.77. The van der Waals surface area contributed by atoms with E-state index in [1.54, 1.807) is 14.2 Å². The molecule has 1 fully saturated rings. The number of aliphatic imine (C=N–C) groups is 1. The van der Waals surface area contributed by atoms with Crippen LogP contribution in [0.2, 0.25) is 0 Å². The van der Waals surface area contributed by atoms with Crippen LogP contribution in [0, 0.1) is 0 Å². The highest BCUT2D eigenvalue weighted by molar-refractivity contribution is 5.92. The summed E-state index contributed by atoms with van der Waals surface area (Å²) in [5, 5.41) is 3.12. The number of nitrogens with zero attached hydrogens (tertiary/aromatic N) is 2. The molecule has 3 N–H and O–H groups in total. The monoisotopic (exact) mass is 382 g/mol. The molecular formula is C22H30N4O2. The third-order valence-electron chi connectivity index (χ3n) is 5.04. The maximum absolute atomic E-state index is 6.11. The summed E-state index contributed by atoms with van der Waals surface area (Å²) in [6.45, 7) is 3.89. The van der Waals surface area contributed by atoms with E-state index >= 15 is 0 Å². The molecule has 28 heavy (non-hydrogen) atoms. The van der Waals surface area contributed by atoms with Crippen molar-refractivity contribution in [1.29, 1.82) is 0 Å². The van der Waals surface area contributed by atoms with E-state index in [0.29, 0.717) is 24.0 Å². The van der Waals surface area contributed by atoms with Crippen molar-refractivity contribution in [3.8, 4) is 11.5 Å². The van der Waals surface area contributed by atoms with Crippen LogP contribution in [-0.4, -0.2) is 38.2 Å². The number of rotatable bonds is 7. The summed E-state index contributed by atoms with van der Waals surface area (Å²) in [7, 11) is 3.22. The summed E-state index contributed by atoms with van der Waals surface area (Å²) in [6, 6.07) is 14.0. The zero-order valence-corrected chi connectivity index (χ0v) is 16.8. The van der Waals surface area contributed by atoms with Gasteiger partial charge in [0.25, 0.3) is 0 Å². The van der Waals surface area contributed by atoms with E-state index in [0.717, 1.165) is 12.2 Å². The van der Waals surface area contributed by atoms with Gasteiger partial charge < -0.3 is 20.5 Å². The molecule has 0 aromatic heterocycles. The first kappa shape index (κ1) is 20.0. The number of piperidine rings is 1. The largest absolute Gasteiger partial charge is 0.493 e. The predicted molar refractivity (Wildman–Crippen MR) is 114 cm³/mol. The van der Waals surface area contributed by atoms with Crippen molar-refractivity contribution in [2.45, 2.75) is 32.4 Å². The number of nitrogens with two attached hydrogens (primary N) is 1. The summed E-state index contributed by atoms with van der Waals surface area (Å²) in [5.41, 5.74) is 9.45. The average molecular weight is 383 g/mol. The molecule has 6 heteroatoms. The van der Waals surface area contributed by atoms with E-state index in [2.05, 4.69) is 39.5 Å². The van der Waals surface area contributed by atoms with E-state index in [-0.39, 0.29) is 0 Å². The Labute approximate surface area is 167 Å². The van der Waals surface area contributed by atoms with Gasteiger partial charge in [-0.3, -0.25) is 4.90 Å². The molecular weight excluding hydrogens is 352 g/mol. The van der Waals surface area contributed by atoms with Crippen LogP contribution < -0.4 is 20.5 Å². The van der Waals surface area contributed by atoms with Crippen molar-refractivity contribution in [3.05, 3.63) is 53.6 Å². The minimum absolute atomic E-state index is 0.375. The lowest BCUT2D eigenvalue weighted by atomic mass is 10.1. The van der Waals surface area contributed by atoms with E-state index < -0.39 is 0 Å². The van der Waals surface area contributed by atoms with Crippen molar-refractivity contribution in [2.24, 2.45) is 10.7 Å². The van der Waals surface area contributed by atoms with Crippen molar-refractivity contribution >= 4 is 11.6 Å². The molecule has 1 aliphatic rings. The Balaban J connectivity index is 1.64. The SMILES string of the molecule is COc1ccc(NC(N)=NCc2ccccc2CN2CCCCC2)cc1OC. The topological polar surface area (TPSA) is 72.1 Å². The van der Waals surface area contributed by atoms with Gasteiger partial charge in [-0.1, -0.05) is 30.7 Å². The van der Waals surface area contributed by atoms with Crippen molar-refractivity contribution < 1.29 is 9.47 Å². The molecule has 0 saturated carbocycles. The van der Waals surface area contributed by atoms with Crippen LogP contribution in [-0.2, 0) is 13.1 Å². The standard InChI is InChI=1S/C22H30N4O2/c1-27-20-11-10-19(14-21(20)28-2)25-22(23)24-15-17-8-4-5-9-18(17)16-26-12-6-3-7-13-26/h4-5,8-11,14H,3,6-7,12-13,15-16H2,1-2H3,(H3,23,24,25). The number of hydrogen-bond acceptors (Lipinski definition) is 4. The molecule has 0 unspecified atom stereocenters. The molecule has 0 spiro atoms. The number of likely N-dealkylation sites (tertiary alicyclic amines) is 1. The Hall–Kier alpha value is -2.73. The lowest BCUT2D eigenvalue weighted by Crippen LogP contribution is -2.29. The lowest BCUT2D eigenvalue weighted by molar-refractivity contribution is 0.220. The highest BCUT2D eigenvalue weighted by Crippen LogP contribution is 2.29. The van der Waals surface area contributed by atoms with Crippen LogP contribution in [0.5, 0.6) is 11.5 Å². The number of benzene rings is 2. The van der Waals surface area contributed by atoms with Gasteiger partial charge in [-0.05, 0) is 49.2 Å². The van der Waals surface area contributed by atoms with Crippen LogP contribution in [0.3, 0.4) is 0 Å². The van der Waals surface area contributed by atoms with Gasteiger partial charge in [0.05, 0.1) is 20.8 Å². The van der Waals surface area contributed by atoms with E-state index in [4.69, 9.17) is 15.2 Å². The molecule has 6 nitrogen and oxygen atoms in total. The minimum Gasteiger partial charge on any atom is -0.493 e. The molecule has 2 aromatic rings. The van der Waals surface area contributed by atoms with Crippen molar-refractivity contribution in [2.75, 3.05) is 32.6 Å². The maximum atomic E-state index is 6.11. The van der Waals surface area contributed by atoms with Crippen LogP contribution in [0.1, 0.15) is 30.4 Å². The molecule has 3 rings (SSSR count). The Kier molecular flexibility index (Phi) is 7.14. The summed E-state index contributed by atoms with van der Waals surface area (Å²) in [5.74, 6) is 1.70. The van der Waals surface area contributed by atoms with E-state index in [9.17, 15) is 0 Å². The smallest absolute Gasteiger partial charge is 0.193 e.